The number of unbranched alkanes of at least 4 members (excludes halogenated alkanes) is 5. The van der Waals surface area contributed by atoms with Crippen molar-refractivity contribution < 1.29 is 10.4 Å². The van der Waals surface area contributed by atoms with E-state index in [0.717, 1.165) is 51.9 Å². The lowest BCUT2D eigenvalue weighted by atomic mass is 10.2. The van der Waals surface area contributed by atoms with Gasteiger partial charge in [0.05, 0.1) is 0 Å². The molecule has 0 aliphatic rings. The number of hydrazine groups is 2. The van der Waals surface area contributed by atoms with Crippen LogP contribution in [0, 0.1) is 0 Å². The number of rotatable bonds is 15. The van der Waals surface area contributed by atoms with Crippen LogP contribution in [0.2, 0.25) is 0 Å². The van der Waals surface area contributed by atoms with E-state index in [0.29, 0.717) is 5.28 Å². The second-order valence-electron chi connectivity index (χ2n) is 5.21. The molecule has 0 amide bonds. The van der Waals surface area contributed by atoms with E-state index in [1.54, 1.807) is 10.6 Å². The van der Waals surface area contributed by atoms with Crippen LogP contribution < -0.4 is 10.9 Å². The van der Waals surface area contributed by atoms with Gasteiger partial charge in [0.2, 0.25) is 0 Å². The van der Waals surface area contributed by atoms with E-state index in [-0.39, 0.29) is 0 Å². The van der Waals surface area contributed by atoms with E-state index < -0.39 is 0 Å². The molecule has 0 heterocycles. The van der Waals surface area contributed by atoms with Crippen LogP contribution in [0.15, 0.2) is 0 Å². The third kappa shape index (κ3) is 11.6. The summed E-state index contributed by atoms with van der Waals surface area (Å²) in [7, 11) is 0. The van der Waals surface area contributed by atoms with Crippen LogP contribution in [0.1, 0.15) is 65.2 Å². The molecule has 122 valence electrons. The Bertz CT molecular complexity index is 196. The average molecular weight is 290 g/mol. The molecule has 0 aromatic carbocycles. The summed E-state index contributed by atoms with van der Waals surface area (Å²) in [6.45, 7) is 8.05. The zero-order valence-electron chi connectivity index (χ0n) is 13.3. The first-order valence-electron chi connectivity index (χ1n) is 8.10. The molecular formula is C14H34N4O2. The molecule has 0 atom stereocenters. The Morgan fingerprint density at radius 3 is 2.05 bits per heavy atom. The Hall–Kier alpha value is -0.240. The van der Waals surface area contributed by atoms with Gasteiger partial charge in [0, 0.05) is 13.1 Å². The zero-order valence-corrected chi connectivity index (χ0v) is 13.3. The van der Waals surface area contributed by atoms with Crippen molar-refractivity contribution >= 4 is 0 Å². The summed E-state index contributed by atoms with van der Waals surface area (Å²) in [5.74, 6) is 0. The van der Waals surface area contributed by atoms with Crippen LogP contribution in [-0.2, 0) is 0 Å². The molecule has 0 bridgehead atoms. The summed E-state index contributed by atoms with van der Waals surface area (Å²) < 4.78 is 0. The van der Waals surface area contributed by atoms with Gasteiger partial charge in [-0.3, -0.25) is 10.4 Å². The second kappa shape index (κ2) is 15.2. The van der Waals surface area contributed by atoms with Gasteiger partial charge in [0.15, 0.2) is 0 Å². The zero-order chi connectivity index (χ0) is 15.1. The Kier molecular flexibility index (Phi) is 15.0. The van der Waals surface area contributed by atoms with E-state index in [4.69, 9.17) is 5.21 Å². The van der Waals surface area contributed by atoms with Crippen LogP contribution in [-0.4, -0.2) is 46.9 Å². The first-order chi connectivity index (χ1) is 9.76. The van der Waals surface area contributed by atoms with Crippen molar-refractivity contribution in [3.05, 3.63) is 0 Å². The molecule has 6 heteroatoms. The Morgan fingerprint density at radius 1 is 0.800 bits per heavy atom. The van der Waals surface area contributed by atoms with E-state index in [9.17, 15) is 5.21 Å². The molecule has 0 aromatic heterocycles. The van der Waals surface area contributed by atoms with Gasteiger partial charge in [0.25, 0.3) is 0 Å². The lowest BCUT2D eigenvalue weighted by Gasteiger charge is -2.27. The van der Waals surface area contributed by atoms with Crippen molar-refractivity contribution in [1.29, 1.82) is 0 Å². The largest absolute Gasteiger partial charge is 0.317 e. The van der Waals surface area contributed by atoms with Gasteiger partial charge < -0.3 is 5.32 Å². The molecule has 0 radical (unpaired) electrons. The van der Waals surface area contributed by atoms with Gasteiger partial charge in [-0.25, -0.2) is 5.01 Å². The highest BCUT2D eigenvalue weighted by Crippen LogP contribution is 2.04. The lowest BCUT2D eigenvalue weighted by Crippen LogP contribution is -2.48. The monoisotopic (exact) mass is 290 g/mol. The van der Waals surface area contributed by atoms with Crippen LogP contribution in [0.25, 0.3) is 0 Å². The molecule has 6 nitrogen and oxygen atoms in total. The predicted octanol–water partition coefficient (Wildman–Crippen LogP) is 2.54. The minimum atomic E-state index is 0.683. The summed E-state index contributed by atoms with van der Waals surface area (Å²) in [4.78, 5) is 0. The smallest absolute Gasteiger partial charge is 0.0170 e. The number of nitrogens with zero attached hydrogens (tertiary/aromatic N) is 2. The Balaban J connectivity index is 3.48. The average Bonchev–Trinajstić information content (AvgIpc) is 2.47. The number of hydrogen-bond donors (Lipinski definition) is 4. The number of hydrogen-bond acceptors (Lipinski definition) is 6. The van der Waals surface area contributed by atoms with Gasteiger partial charge in [-0.2, -0.15) is 0 Å². The minimum absolute atomic E-state index is 0.683. The highest BCUT2D eigenvalue weighted by atomic mass is 16.7. The summed E-state index contributed by atoms with van der Waals surface area (Å²) in [5, 5.41) is 24.0. The number of nitrogens with one attached hydrogen (secondary N) is 2. The van der Waals surface area contributed by atoms with Crippen molar-refractivity contribution in [2.75, 3.05) is 26.2 Å². The first-order valence-corrected chi connectivity index (χ1v) is 8.10. The lowest BCUT2D eigenvalue weighted by molar-refractivity contribution is -0.333. The maximum Gasteiger partial charge on any atom is 0.0170 e. The molecule has 0 unspecified atom stereocenters. The first kappa shape index (κ1) is 19.8. The normalized spacial score (nSPS) is 11.7. The van der Waals surface area contributed by atoms with Gasteiger partial charge in [0.1, 0.15) is 0 Å². The SMILES string of the molecule is CCCCNCCCCCCN(CCCC)N(O)NO. The highest BCUT2D eigenvalue weighted by molar-refractivity contribution is 4.53. The summed E-state index contributed by atoms with van der Waals surface area (Å²) in [6, 6.07) is 0. The molecule has 0 rings (SSSR count). The molecule has 0 aliphatic carbocycles. The standard InChI is InChI=1S/C14H34N4O2/c1-3-5-11-15-12-9-7-8-10-14-17(13-6-4-2)18(20)16-19/h15-16,19-20H,3-14H2,1-2H3. The summed E-state index contributed by atoms with van der Waals surface area (Å²) >= 11 is 0. The van der Waals surface area contributed by atoms with Gasteiger partial charge >= 0.3 is 0 Å². The quantitative estimate of drug-likeness (QED) is 0.274. The van der Waals surface area contributed by atoms with Crippen molar-refractivity contribution in [2.24, 2.45) is 0 Å². The van der Waals surface area contributed by atoms with E-state index in [1.807, 2.05) is 0 Å². The van der Waals surface area contributed by atoms with Crippen molar-refractivity contribution in [3.8, 4) is 0 Å². The van der Waals surface area contributed by atoms with Crippen molar-refractivity contribution in [1.82, 2.24) is 21.2 Å². The molecule has 0 saturated carbocycles. The Morgan fingerprint density at radius 2 is 1.40 bits per heavy atom. The van der Waals surface area contributed by atoms with Crippen LogP contribution >= 0.6 is 0 Å². The van der Waals surface area contributed by atoms with Crippen molar-refractivity contribution in [2.45, 2.75) is 65.2 Å². The fourth-order valence-corrected chi connectivity index (χ4v) is 2.03. The molecular weight excluding hydrogens is 256 g/mol. The molecule has 0 spiro atoms. The molecule has 0 aliphatic heterocycles. The van der Waals surface area contributed by atoms with Crippen LogP contribution in [0.5, 0.6) is 0 Å². The predicted molar refractivity (Wildman–Crippen MR) is 81.3 cm³/mol. The van der Waals surface area contributed by atoms with Crippen molar-refractivity contribution in [3.63, 3.8) is 0 Å². The fourth-order valence-electron chi connectivity index (χ4n) is 2.03. The second-order valence-corrected chi connectivity index (χ2v) is 5.21. The van der Waals surface area contributed by atoms with Gasteiger partial charge in [-0.05, 0) is 44.1 Å². The van der Waals surface area contributed by atoms with E-state index >= 15 is 0 Å². The molecule has 0 aromatic rings. The molecule has 20 heavy (non-hydrogen) atoms. The van der Waals surface area contributed by atoms with E-state index in [2.05, 4.69) is 19.2 Å². The van der Waals surface area contributed by atoms with Crippen LogP contribution in [0.4, 0.5) is 0 Å². The third-order valence-electron chi connectivity index (χ3n) is 3.35. The fraction of sp³-hybridized carbons (Fsp3) is 1.00. The Labute approximate surface area is 124 Å². The summed E-state index contributed by atoms with van der Waals surface area (Å²) in [5.41, 5.74) is 1.76. The molecule has 0 saturated heterocycles. The summed E-state index contributed by atoms with van der Waals surface area (Å²) in [6.07, 6.45) is 9.16. The molecule has 4 N–H and O–H groups in total. The van der Waals surface area contributed by atoms with Gasteiger partial charge in [-0.15, -0.1) is 0 Å². The third-order valence-corrected chi connectivity index (χ3v) is 3.35. The maximum absolute atomic E-state index is 9.46. The minimum Gasteiger partial charge on any atom is -0.317 e. The highest BCUT2D eigenvalue weighted by Gasteiger charge is 2.10. The van der Waals surface area contributed by atoms with Crippen LogP contribution in [0.3, 0.4) is 0 Å². The van der Waals surface area contributed by atoms with Gasteiger partial charge in [-0.1, -0.05) is 45.1 Å². The topological polar surface area (TPSA) is 71.0 Å². The van der Waals surface area contributed by atoms with E-state index in [1.165, 1.54) is 25.7 Å². The maximum atomic E-state index is 9.46. The molecule has 0 fully saturated rings.